The van der Waals surface area contributed by atoms with Crippen molar-refractivity contribution in [1.29, 1.82) is 0 Å². The predicted molar refractivity (Wildman–Crippen MR) is 76.2 cm³/mol. The van der Waals surface area contributed by atoms with Gasteiger partial charge in [0.05, 0.1) is 23.8 Å². The molecule has 0 amide bonds. The molecule has 6 nitrogen and oxygen atoms in total. The molecule has 0 radical (unpaired) electrons. The Kier molecular flexibility index (Phi) is 4.33. The molecular formula is C15H16F3N3O3. The highest BCUT2D eigenvalue weighted by Gasteiger charge is 2.49. The Morgan fingerprint density at radius 1 is 1.46 bits per heavy atom. The normalized spacial score (nSPS) is 21.2. The number of carbonyl (C=O) groups excluding carboxylic acids is 1. The van der Waals surface area contributed by atoms with E-state index in [0.29, 0.717) is 18.5 Å². The number of aromatic nitrogens is 3. The molecule has 2 atom stereocenters. The Bertz CT molecular complexity index is 723. The zero-order valence-corrected chi connectivity index (χ0v) is 12.9. The largest absolute Gasteiger partial charge is 0.462 e. The van der Waals surface area contributed by atoms with Crippen LogP contribution in [-0.2, 0) is 4.74 Å². The summed E-state index contributed by atoms with van der Waals surface area (Å²) in [6, 6.07) is 1.47. The first kappa shape index (κ1) is 16.5. The highest BCUT2D eigenvalue weighted by atomic mass is 19.4. The van der Waals surface area contributed by atoms with E-state index in [2.05, 4.69) is 15.1 Å². The van der Waals surface area contributed by atoms with Crippen molar-refractivity contribution in [2.24, 2.45) is 5.92 Å². The van der Waals surface area contributed by atoms with Crippen LogP contribution in [0, 0.1) is 5.92 Å². The van der Waals surface area contributed by atoms with Crippen molar-refractivity contribution < 1.29 is 27.2 Å². The smallest absolute Gasteiger partial charge is 0.392 e. The van der Waals surface area contributed by atoms with Gasteiger partial charge >= 0.3 is 12.1 Å². The quantitative estimate of drug-likeness (QED) is 0.856. The van der Waals surface area contributed by atoms with Crippen molar-refractivity contribution in [2.75, 3.05) is 6.61 Å². The summed E-state index contributed by atoms with van der Waals surface area (Å²) in [5.74, 6) is -2.67. The number of carbonyl (C=O) groups is 1. The van der Waals surface area contributed by atoms with E-state index in [9.17, 15) is 18.0 Å². The summed E-state index contributed by atoms with van der Waals surface area (Å²) in [6.45, 7) is 1.93. The van der Waals surface area contributed by atoms with Crippen molar-refractivity contribution in [2.45, 2.75) is 38.3 Å². The summed E-state index contributed by atoms with van der Waals surface area (Å²) in [5.41, 5.74) is 0.668. The van der Waals surface area contributed by atoms with E-state index < -0.39 is 24.0 Å². The second-order valence-electron chi connectivity index (χ2n) is 5.66. The summed E-state index contributed by atoms with van der Waals surface area (Å²) in [7, 11) is 0. The SMILES string of the molecule is CCOC(=O)c1c[nH]c(-c2noc([C@@H]3CCC[C@H]3C(F)(F)F)n2)c1. The number of esters is 1. The van der Waals surface area contributed by atoms with E-state index in [0.717, 1.165) is 0 Å². The van der Waals surface area contributed by atoms with Gasteiger partial charge in [-0.3, -0.25) is 0 Å². The van der Waals surface area contributed by atoms with Crippen molar-refractivity contribution in [1.82, 2.24) is 15.1 Å². The zero-order valence-electron chi connectivity index (χ0n) is 12.9. The highest BCUT2D eigenvalue weighted by Crippen LogP contribution is 2.47. The summed E-state index contributed by atoms with van der Waals surface area (Å²) in [6.07, 6.45) is -1.94. The van der Waals surface area contributed by atoms with Crippen LogP contribution >= 0.6 is 0 Å². The fraction of sp³-hybridized carbons (Fsp3) is 0.533. The molecule has 1 aliphatic rings. The minimum absolute atomic E-state index is 0.0166. The molecule has 0 aliphatic heterocycles. The maximum atomic E-state index is 13.0. The molecule has 2 aromatic rings. The summed E-state index contributed by atoms with van der Waals surface area (Å²) in [4.78, 5) is 18.5. The van der Waals surface area contributed by atoms with Gasteiger partial charge in [-0.25, -0.2) is 4.79 Å². The van der Waals surface area contributed by atoms with Gasteiger partial charge in [0.25, 0.3) is 0 Å². The molecule has 1 fully saturated rings. The second kappa shape index (κ2) is 6.29. The molecule has 0 bridgehead atoms. The third kappa shape index (κ3) is 3.15. The predicted octanol–water partition coefficient (Wildman–Crippen LogP) is 3.69. The van der Waals surface area contributed by atoms with E-state index in [1.54, 1.807) is 6.92 Å². The number of nitrogens with zero attached hydrogens (tertiary/aromatic N) is 2. The first-order valence-corrected chi connectivity index (χ1v) is 7.66. The lowest BCUT2D eigenvalue weighted by Gasteiger charge is -2.19. The number of rotatable bonds is 4. The van der Waals surface area contributed by atoms with Gasteiger partial charge in [-0.2, -0.15) is 18.2 Å². The van der Waals surface area contributed by atoms with Gasteiger partial charge < -0.3 is 14.2 Å². The van der Waals surface area contributed by atoms with Gasteiger partial charge in [-0.05, 0) is 25.8 Å². The van der Waals surface area contributed by atoms with Crippen molar-refractivity contribution in [3.05, 3.63) is 23.7 Å². The van der Waals surface area contributed by atoms with E-state index in [-0.39, 0.29) is 30.3 Å². The molecule has 0 aromatic carbocycles. The molecule has 2 aromatic heterocycles. The molecule has 2 heterocycles. The number of hydrogen-bond acceptors (Lipinski definition) is 5. The molecule has 1 saturated carbocycles. The number of alkyl halides is 3. The standard InChI is InChI=1S/C15H16F3N3O3/c1-2-23-14(22)8-6-11(19-7-8)12-20-13(24-21-12)9-4-3-5-10(9)15(16,17)18/h6-7,9-10,19H,2-5H2,1H3/t9-,10-/m1/s1. The van der Waals surface area contributed by atoms with Crippen LogP contribution in [0.2, 0.25) is 0 Å². The molecule has 0 unspecified atom stereocenters. The summed E-state index contributed by atoms with van der Waals surface area (Å²) >= 11 is 0. The fourth-order valence-corrected chi connectivity index (χ4v) is 3.00. The summed E-state index contributed by atoms with van der Waals surface area (Å²) in [5, 5.41) is 3.73. The highest BCUT2D eigenvalue weighted by molar-refractivity contribution is 5.90. The molecular weight excluding hydrogens is 327 g/mol. The number of ether oxygens (including phenoxy) is 1. The molecule has 24 heavy (non-hydrogen) atoms. The van der Waals surface area contributed by atoms with Crippen LogP contribution in [0.25, 0.3) is 11.5 Å². The second-order valence-corrected chi connectivity index (χ2v) is 5.66. The van der Waals surface area contributed by atoms with Gasteiger partial charge in [-0.15, -0.1) is 0 Å². The molecule has 130 valence electrons. The molecule has 1 N–H and O–H groups in total. The van der Waals surface area contributed by atoms with Crippen LogP contribution in [0.5, 0.6) is 0 Å². The Morgan fingerprint density at radius 3 is 2.96 bits per heavy atom. The van der Waals surface area contributed by atoms with Crippen LogP contribution in [0.1, 0.15) is 48.4 Å². The lowest BCUT2D eigenvalue weighted by atomic mass is 9.95. The van der Waals surface area contributed by atoms with Crippen LogP contribution < -0.4 is 0 Å². The minimum atomic E-state index is -4.28. The lowest BCUT2D eigenvalue weighted by molar-refractivity contribution is -0.177. The van der Waals surface area contributed by atoms with Crippen LogP contribution in [-0.4, -0.2) is 33.9 Å². The first-order chi connectivity index (χ1) is 11.4. The first-order valence-electron chi connectivity index (χ1n) is 7.66. The Hall–Kier alpha value is -2.32. The van der Waals surface area contributed by atoms with E-state index in [1.807, 2.05) is 0 Å². The van der Waals surface area contributed by atoms with Crippen LogP contribution in [0.4, 0.5) is 13.2 Å². The monoisotopic (exact) mass is 343 g/mol. The molecule has 0 saturated heterocycles. The van der Waals surface area contributed by atoms with E-state index >= 15 is 0 Å². The third-order valence-electron chi connectivity index (χ3n) is 4.13. The number of aromatic amines is 1. The van der Waals surface area contributed by atoms with Gasteiger partial charge in [0.2, 0.25) is 11.7 Å². The van der Waals surface area contributed by atoms with E-state index in [4.69, 9.17) is 9.26 Å². The Labute approximate surface area is 135 Å². The number of hydrogen-bond donors (Lipinski definition) is 1. The molecule has 1 aliphatic carbocycles. The van der Waals surface area contributed by atoms with E-state index in [1.165, 1.54) is 12.3 Å². The topological polar surface area (TPSA) is 81.0 Å². The van der Waals surface area contributed by atoms with Crippen molar-refractivity contribution in [3.63, 3.8) is 0 Å². The average Bonchev–Trinajstić information content (AvgIpc) is 3.25. The Balaban J connectivity index is 1.80. The lowest BCUT2D eigenvalue weighted by Crippen LogP contribution is -2.25. The minimum Gasteiger partial charge on any atom is -0.462 e. The van der Waals surface area contributed by atoms with Gasteiger partial charge in [0.1, 0.15) is 0 Å². The average molecular weight is 343 g/mol. The fourth-order valence-electron chi connectivity index (χ4n) is 3.00. The maximum absolute atomic E-state index is 13.0. The molecule has 9 heteroatoms. The van der Waals surface area contributed by atoms with Crippen LogP contribution in [0.15, 0.2) is 16.8 Å². The van der Waals surface area contributed by atoms with Gasteiger partial charge in [0.15, 0.2) is 0 Å². The van der Waals surface area contributed by atoms with Crippen LogP contribution in [0.3, 0.4) is 0 Å². The van der Waals surface area contributed by atoms with Gasteiger partial charge in [-0.1, -0.05) is 11.6 Å². The Morgan fingerprint density at radius 2 is 2.25 bits per heavy atom. The van der Waals surface area contributed by atoms with Crippen molar-refractivity contribution >= 4 is 5.97 Å². The zero-order chi connectivity index (χ0) is 17.3. The third-order valence-corrected chi connectivity index (χ3v) is 4.13. The van der Waals surface area contributed by atoms with Gasteiger partial charge in [0, 0.05) is 12.1 Å². The number of halogens is 3. The molecule has 0 spiro atoms. The number of H-pyrrole nitrogens is 1. The maximum Gasteiger partial charge on any atom is 0.392 e. The number of nitrogens with one attached hydrogen (secondary N) is 1. The molecule has 3 rings (SSSR count). The van der Waals surface area contributed by atoms with Crippen molar-refractivity contribution in [3.8, 4) is 11.5 Å². The summed E-state index contributed by atoms with van der Waals surface area (Å²) < 4.78 is 49.0.